The number of terminal acetylenes is 1. The Morgan fingerprint density at radius 2 is 2.00 bits per heavy atom. The molecule has 16 heteroatoms. The van der Waals surface area contributed by atoms with Crippen molar-refractivity contribution in [2.45, 2.75) is 74.3 Å². The Bertz CT molecular complexity index is 2150. The molecular formula is C36H39ClN6O7S2. The normalized spacial score (nSPS) is 26.3. The molecule has 3 aromatic rings. The second-order valence-corrected chi connectivity index (χ2v) is 17.5. The van der Waals surface area contributed by atoms with Crippen molar-refractivity contribution >= 4 is 61.7 Å². The maximum atomic E-state index is 14.2. The van der Waals surface area contributed by atoms with Crippen molar-refractivity contribution in [3.63, 3.8) is 0 Å². The zero-order valence-electron chi connectivity index (χ0n) is 29.0. The van der Waals surface area contributed by atoms with Gasteiger partial charge < -0.3 is 24.6 Å². The van der Waals surface area contributed by atoms with Gasteiger partial charge in [0.1, 0.15) is 50.6 Å². The third kappa shape index (κ3) is 6.56. The Labute approximate surface area is 311 Å². The van der Waals surface area contributed by atoms with Gasteiger partial charge in [0, 0.05) is 42.8 Å². The van der Waals surface area contributed by atoms with Gasteiger partial charge in [0.15, 0.2) is 0 Å². The van der Waals surface area contributed by atoms with E-state index in [-0.39, 0.29) is 30.3 Å². The van der Waals surface area contributed by atoms with Crippen molar-refractivity contribution in [3.8, 4) is 34.5 Å². The minimum atomic E-state index is -3.96. The molecule has 2 aliphatic heterocycles. The van der Waals surface area contributed by atoms with E-state index in [9.17, 15) is 22.8 Å². The summed E-state index contributed by atoms with van der Waals surface area (Å²) < 4.78 is 39.4. The molecule has 2 aromatic heterocycles. The molecule has 2 saturated carbocycles. The van der Waals surface area contributed by atoms with Crippen LogP contribution in [0.1, 0.15) is 57.6 Å². The van der Waals surface area contributed by atoms with Crippen LogP contribution in [-0.4, -0.2) is 95.7 Å². The minimum absolute atomic E-state index is 0.00614. The molecule has 0 bridgehead atoms. The van der Waals surface area contributed by atoms with E-state index < -0.39 is 50.3 Å². The molecule has 13 nitrogen and oxygen atoms in total. The maximum absolute atomic E-state index is 14.2. The van der Waals surface area contributed by atoms with Gasteiger partial charge in [0.2, 0.25) is 15.9 Å². The third-order valence-electron chi connectivity index (χ3n) is 10.5. The van der Waals surface area contributed by atoms with Crippen LogP contribution in [0.3, 0.4) is 0 Å². The molecular weight excluding hydrogens is 728 g/mol. The summed E-state index contributed by atoms with van der Waals surface area (Å²) in [5.41, 5.74) is -0.151. The summed E-state index contributed by atoms with van der Waals surface area (Å²) in [6.07, 6.45) is 12.3. The molecule has 0 unspecified atom stereocenters. The van der Waals surface area contributed by atoms with E-state index in [1.165, 1.54) is 23.3 Å². The van der Waals surface area contributed by atoms with E-state index in [0.29, 0.717) is 58.2 Å². The lowest BCUT2D eigenvalue weighted by Gasteiger charge is -2.30. The van der Waals surface area contributed by atoms with E-state index >= 15 is 0 Å². The predicted molar refractivity (Wildman–Crippen MR) is 197 cm³/mol. The molecule has 3 fully saturated rings. The molecule has 4 atom stereocenters. The van der Waals surface area contributed by atoms with Gasteiger partial charge in [0.05, 0.1) is 23.9 Å². The van der Waals surface area contributed by atoms with Crippen molar-refractivity contribution in [2.24, 2.45) is 5.92 Å². The number of hydrogen-bond donors (Lipinski definition) is 2. The SMILES string of the molecule is C#Cc1csc(-c2cc(O[C@H]3C[C@H]4C(=O)N(C)CCCC/C=C\[C@@H]5C[C@@]5(C(=O)NS(=O)(=O)C5(C)CC5)NC(=O)N4C3)c3ccc(OC)c(Cl)c3n2)n1. The smallest absolute Gasteiger partial charge is 0.319 e. The Kier molecular flexibility index (Phi) is 9.37. The number of urea groups is 1. The molecule has 52 heavy (non-hydrogen) atoms. The molecule has 0 spiro atoms. The van der Waals surface area contributed by atoms with Gasteiger partial charge in [0.25, 0.3) is 5.91 Å². The zero-order valence-corrected chi connectivity index (χ0v) is 31.4. The number of hydrogen-bond acceptors (Lipinski definition) is 10. The quantitative estimate of drug-likeness (QED) is 0.261. The lowest BCUT2D eigenvalue weighted by Crippen LogP contribution is -2.58. The Morgan fingerprint density at radius 1 is 1.21 bits per heavy atom. The topological polar surface area (TPSA) is 160 Å². The fourth-order valence-electron chi connectivity index (χ4n) is 6.81. The summed E-state index contributed by atoms with van der Waals surface area (Å²) in [5.74, 6) is 1.90. The van der Waals surface area contributed by atoms with Crippen LogP contribution in [0.5, 0.6) is 11.5 Å². The number of nitrogens with one attached hydrogen (secondary N) is 2. The molecule has 1 aromatic carbocycles. The highest BCUT2D eigenvalue weighted by Crippen LogP contribution is 2.48. The van der Waals surface area contributed by atoms with Crippen LogP contribution in [0.2, 0.25) is 5.02 Å². The number of benzene rings is 1. The van der Waals surface area contributed by atoms with Gasteiger partial charge >= 0.3 is 6.03 Å². The number of ether oxygens (including phenoxy) is 2. The van der Waals surface area contributed by atoms with Crippen LogP contribution >= 0.6 is 22.9 Å². The van der Waals surface area contributed by atoms with Gasteiger partial charge in [-0.15, -0.1) is 17.8 Å². The van der Waals surface area contributed by atoms with Gasteiger partial charge in [-0.2, -0.15) is 0 Å². The summed E-state index contributed by atoms with van der Waals surface area (Å²) in [7, 11) is -0.743. The predicted octanol–water partition coefficient (Wildman–Crippen LogP) is 4.49. The fraction of sp³-hybridized carbons (Fsp3) is 0.472. The second kappa shape index (κ2) is 13.5. The Balaban J connectivity index is 1.21. The summed E-state index contributed by atoms with van der Waals surface area (Å²) in [4.78, 5) is 54.1. The van der Waals surface area contributed by atoms with Crippen LogP contribution in [0, 0.1) is 18.3 Å². The monoisotopic (exact) mass is 766 g/mol. The van der Waals surface area contributed by atoms with Crippen molar-refractivity contribution in [3.05, 3.63) is 46.4 Å². The molecule has 4 heterocycles. The molecule has 1 saturated heterocycles. The standard InChI is InChI=1S/C36H39ClN6O7S2/c1-5-22-20-51-31(38-22)25-17-28(24-11-12-27(49-4)29(37)30(24)39-25)50-23-16-26-32(44)42(3)15-9-7-6-8-10-21-18-36(21,40-34(46)43(26)19-23)33(45)41-52(47,48)35(2)13-14-35/h1,8,10-12,17,20-21,23,26H,6-7,9,13-16,18-19H2,2-4H3,(H,40,46)(H,41,45)/b10-8-/t21-,23+,26+,36-/m1/s1. The van der Waals surface area contributed by atoms with Crippen LogP contribution in [0.4, 0.5) is 4.79 Å². The van der Waals surface area contributed by atoms with Crippen LogP contribution in [-0.2, 0) is 19.6 Å². The number of fused-ring (bicyclic) bond motifs is 3. The van der Waals surface area contributed by atoms with Gasteiger partial charge in [-0.25, -0.2) is 23.2 Å². The average Bonchev–Trinajstić information content (AvgIpc) is 3.90. The molecule has 4 amide bonds. The van der Waals surface area contributed by atoms with E-state index in [1.807, 2.05) is 12.2 Å². The first-order valence-corrected chi connectivity index (χ1v) is 19.9. The molecule has 274 valence electrons. The molecule has 4 aliphatic rings. The average molecular weight is 767 g/mol. The number of methoxy groups -OCH3 is 1. The van der Waals surface area contributed by atoms with E-state index in [2.05, 4.69) is 20.9 Å². The number of halogens is 1. The number of sulfonamides is 1. The van der Waals surface area contributed by atoms with Gasteiger partial charge in [-0.3, -0.25) is 14.3 Å². The lowest BCUT2D eigenvalue weighted by molar-refractivity contribution is -0.134. The Hall–Kier alpha value is -4.39. The number of nitrogens with zero attached hydrogens (tertiary/aromatic N) is 4. The maximum Gasteiger partial charge on any atom is 0.319 e. The Morgan fingerprint density at radius 3 is 2.71 bits per heavy atom. The first kappa shape index (κ1) is 36.0. The number of carbonyl (C=O) groups is 3. The van der Waals surface area contributed by atoms with Crippen LogP contribution in [0.15, 0.2) is 35.7 Å². The molecule has 2 N–H and O–H groups in total. The van der Waals surface area contributed by atoms with Crippen LogP contribution in [0.25, 0.3) is 21.6 Å². The number of allylic oxidation sites excluding steroid dienone is 1. The van der Waals surface area contributed by atoms with Crippen molar-refractivity contribution < 1.29 is 32.3 Å². The van der Waals surface area contributed by atoms with Gasteiger partial charge in [-0.1, -0.05) is 23.8 Å². The number of likely N-dealkylation sites (N-methyl/N-ethyl adjacent to an activating group) is 1. The van der Waals surface area contributed by atoms with Gasteiger partial charge in [-0.05, 0) is 63.5 Å². The number of pyridine rings is 1. The highest BCUT2D eigenvalue weighted by molar-refractivity contribution is 7.91. The summed E-state index contributed by atoms with van der Waals surface area (Å²) in [6.45, 7) is 2.10. The first-order valence-electron chi connectivity index (χ1n) is 17.1. The second-order valence-electron chi connectivity index (χ2n) is 14.1. The lowest BCUT2D eigenvalue weighted by atomic mass is 10.1. The molecule has 7 rings (SSSR count). The number of rotatable bonds is 7. The third-order valence-corrected chi connectivity index (χ3v) is 13.9. The minimum Gasteiger partial charge on any atom is -0.495 e. The molecule has 0 radical (unpaired) electrons. The number of amides is 4. The van der Waals surface area contributed by atoms with Crippen molar-refractivity contribution in [1.82, 2.24) is 29.8 Å². The summed E-state index contributed by atoms with van der Waals surface area (Å²) in [6, 6.07) is 3.64. The van der Waals surface area contributed by atoms with E-state index in [0.717, 1.165) is 19.3 Å². The fourth-order valence-corrected chi connectivity index (χ4v) is 9.13. The highest BCUT2D eigenvalue weighted by Gasteiger charge is 2.63. The largest absolute Gasteiger partial charge is 0.495 e. The number of aromatic nitrogens is 2. The first-order chi connectivity index (χ1) is 24.8. The number of carbonyl (C=O) groups excluding carboxylic acids is 3. The summed E-state index contributed by atoms with van der Waals surface area (Å²) >= 11 is 8.06. The van der Waals surface area contributed by atoms with Crippen LogP contribution < -0.4 is 19.5 Å². The van der Waals surface area contributed by atoms with E-state index in [1.54, 1.807) is 42.5 Å². The zero-order chi connectivity index (χ0) is 37.0. The number of thiazole rings is 1. The van der Waals surface area contributed by atoms with Crippen molar-refractivity contribution in [1.29, 1.82) is 0 Å². The van der Waals surface area contributed by atoms with E-state index in [4.69, 9.17) is 32.5 Å². The molecule has 2 aliphatic carbocycles. The summed E-state index contributed by atoms with van der Waals surface area (Å²) in [5, 5.41) is 6.01. The van der Waals surface area contributed by atoms with Crippen molar-refractivity contribution in [2.75, 3.05) is 27.2 Å². The highest BCUT2D eigenvalue weighted by atomic mass is 35.5.